The fraction of sp³-hybridized carbons (Fsp3) is 0.133. The van der Waals surface area contributed by atoms with Crippen LogP contribution in [-0.4, -0.2) is 20.1 Å². The predicted molar refractivity (Wildman–Crippen MR) is 86.7 cm³/mol. The van der Waals surface area contributed by atoms with E-state index >= 15 is 0 Å². The Kier molecular flexibility index (Phi) is 5.09. The van der Waals surface area contributed by atoms with Gasteiger partial charge in [0.15, 0.2) is 0 Å². The van der Waals surface area contributed by atoms with Crippen LogP contribution in [-0.2, 0) is 0 Å². The topological polar surface area (TPSA) is 47.6 Å². The number of amides is 1. The molecule has 0 atom stereocenters. The maximum atomic E-state index is 12.3. The van der Waals surface area contributed by atoms with Gasteiger partial charge in [0.2, 0.25) is 0 Å². The van der Waals surface area contributed by atoms with E-state index in [2.05, 4.69) is 21.2 Å². The number of anilines is 1. The molecule has 2 rings (SSSR count). The minimum Gasteiger partial charge on any atom is -0.497 e. The number of nitrogens with one attached hydrogen (secondary N) is 1. The molecule has 2 aromatic rings. The van der Waals surface area contributed by atoms with Crippen LogP contribution in [0, 0.1) is 0 Å². The summed E-state index contributed by atoms with van der Waals surface area (Å²) in [6.07, 6.45) is 0. The minimum absolute atomic E-state index is 0.309. The summed E-state index contributed by atoms with van der Waals surface area (Å²) in [5.41, 5.74) is 0.945. The molecule has 6 heteroatoms. The summed E-state index contributed by atoms with van der Waals surface area (Å²) in [6.45, 7) is 0. The van der Waals surface area contributed by atoms with Crippen LogP contribution < -0.4 is 14.8 Å². The molecule has 0 radical (unpaired) electrons. The van der Waals surface area contributed by atoms with Crippen LogP contribution in [0.15, 0.2) is 40.9 Å². The number of hydrogen-bond donors (Lipinski definition) is 1. The molecule has 0 bridgehead atoms. The summed E-state index contributed by atoms with van der Waals surface area (Å²) in [5, 5.41) is 3.15. The Morgan fingerprint density at radius 3 is 2.29 bits per heavy atom. The van der Waals surface area contributed by atoms with Crippen molar-refractivity contribution in [3.05, 3.63) is 51.5 Å². The first kappa shape index (κ1) is 15.7. The minimum atomic E-state index is -0.309. The summed E-state index contributed by atoms with van der Waals surface area (Å²) < 4.78 is 11.1. The van der Waals surface area contributed by atoms with Crippen LogP contribution in [0.4, 0.5) is 5.69 Å². The molecule has 110 valence electrons. The van der Waals surface area contributed by atoms with Gasteiger partial charge in [-0.3, -0.25) is 4.79 Å². The first-order chi connectivity index (χ1) is 10.0. The Morgan fingerprint density at radius 2 is 1.71 bits per heavy atom. The molecule has 0 aromatic heterocycles. The molecule has 0 unspecified atom stereocenters. The van der Waals surface area contributed by atoms with Crippen molar-refractivity contribution in [2.75, 3.05) is 19.5 Å². The fourth-order valence-electron chi connectivity index (χ4n) is 1.75. The highest BCUT2D eigenvalue weighted by Crippen LogP contribution is 2.27. The second kappa shape index (κ2) is 6.83. The number of hydrogen-bond acceptors (Lipinski definition) is 3. The molecule has 1 N–H and O–H groups in total. The first-order valence-electron chi connectivity index (χ1n) is 6.03. The number of carbonyl (C=O) groups excluding carboxylic acids is 1. The largest absolute Gasteiger partial charge is 0.497 e. The standard InChI is InChI=1S/C15H13BrClNO3/c1-20-11-6-10(7-12(8-11)21-2)18-15(19)13-5-9(16)3-4-14(13)17/h3-8H,1-2H3,(H,18,19). The van der Waals surface area contributed by atoms with Gasteiger partial charge in [-0.25, -0.2) is 0 Å². The van der Waals surface area contributed by atoms with Gasteiger partial charge in [-0.15, -0.1) is 0 Å². The zero-order chi connectivity index (χ0) is 15.4. The van der Waals surface area contributed by atoms with Crippen molar-refractivity contribution in [3.63, 3.8) is 0 Å². The van der Waals surface area contributed by atoms with Gasteiger partial charge in [0.25, 0.3) is 5.91 Å². The lowest BCUT2D eigenvalue weighted by Gasteiger charge is -2.10. The normalized spacial score (nSPS) is 10.1. The van der Waals surface area contributed by atoms with Crippen molar-refractivity contribution in [3.8, 4) is 11.5 Å². The van der Waals surface area contributed by atoms with E-state index in [0.29, 0.717) is 27.8 Å². The smallest absolute Gasteiger partial charge is 0.257 e. The molecular weight excluding hydrogens is 358 g/mol. The van der Waals surface area contributed by atoms with Crippen molar-refractivity contribution in [2.45, 2.75) is 0 Å². The quantitative estimate of drug-likeness (QED) is 0.869. The average molecular weight is 371 g/mol. The van der Waals surface area contributed by atoms with E-state index in [9.17, 15) is 4.79 Å². The molecule has 1 amide bonds. The fourth-order valence-corrected chi connectivity index (χ4v) is 2.31. The summed E-state index contributed by atoms with van der Waals surface area (Å²) in [4.78, 5) is 12.3. The summed E-state index contributed by atoms with van der Waals surface area (Å²) in [6, 6.07) is 10.2. The van der Waals surface area contributed by atoms with Gasteiger partial charge in [-0.05, 0) is 18.2 Å². The zero-order valence-electron chi connectivity index (χ0n) is 11.4. The van der Waals surface area contributed by atoms with Crippen LogP contribution in [0.5, 0.6) is 11.5 Å². The van der Waals surface area contributed by atoms with E-state index in [1.54, 1.807) is 50.6 Å². The van der Waals surface area contributed by atoms with E-state index in [0.717, 1.165) is 4.47 Å². The van der Waals surface area contributed by atoms with E-state index in [4.69, 9.17) is 21.1 Å². The van der Waals surface area contributed by atoms with Crippen molar-refractivity contribution in [1.29, 1.82) is 0 Å². The van der Waals surface area contributed by atoms with Crippen molar-refractivity contribution in [1.82, 2.24) is 0 Å². The third-order valence-corrected chi connectivity index (χ3v) is 3.61. The van der Waals surface area contributed by atoms with Crippen molar-refractivity contribution in [2.24, 2.45) is 0 Å². The molecule has 0 saturated heterocycles. The van der Waals surface area contributed by atoms with Gasteiger partial charge in [0.1, 0.15) is 11.5 Å². The molecule has 0 aliphatic heterocycles. The Bertz CT molecular complexity index is 654. The number of ether oxygens (including phenoxy) is 2. The lowest BCUT2D eigenvalue weighted by molar-refractivity contribution is 0.102. The summed E-state index contributed by atoms with van der Waals surface area (Å²) >= 11 is 9.36. The highest BCUT2D eigenvalue weighted by molar-refractivity contribution is 9.10. The van der Waals surface area contributed by atoms with Crippen LogP contribution in [0.3, 0.4) is 0 Å². The van der Waals surface area contributed by atoms with Gasteiger partial charge in [-0.1, -0.05) is 27.5 Å². The van der Waals surface area contributed by atoms with Crippen LogP contribution in [0.25, 0.3) is 0 Å². The SMILES string of the molecule is COc1cc(NC(=O)c2cc(Br)ccc2Cl)cc(OC)c1. The molecule has 0 aliphatic carbocycles. The number of carbonyl (C=O) groups is 1. The van der Waals surface area contributed by atoms with Gasteiger partial charge < -0.3 is 14.8 Å². The highest BCUT2D eigenvalue weighted by Gasteiger charge is 2.12. The van der Waals surface area contributed by atoms with Gasteiger partial charge in [0, 0.05) is 28.4 Å². The molecule has 0 fully saturated rings. The molecule has 2 aromatic carbocycles. The van der Waals surface area contributed by atoms with Crippen LogP contribution in [0.1, 0.15) is 10.4 Å². The van der Waals surface area contributed by atoms with Gasteiger partial charge >= 0.3 is 0 Å². The molecule has 4 nitrogen and oxygen atoms in total. The van der Waals surface area contributed by atoms with E-state index in [1.807, 2.05) is 0 Å². The molecule has 21 heavy (non-hydrogen) atoms. The monoisotopic (exact) mass is 369 g/mol. The second-order valence-corrected chi connectivity index (χ2v) is 5.50. The predicted octanol–water partition coefficient (Wildman–Crippen LogP) is 4.37. The summed E-state index contributed by atoms with van der Waals surface area (Å²) in [5.74, 6) is 0.867. The van der Waals surface area contributed by atoms with Crippen molar-refractivity contribution >= 4 is 39.1 Å². The third-order valence-electron chi connectivity index (χ3n) is 2.78. The maximum Gasteiger partial charge on any atom is 0.257 e. The third kappa shape index (κ3) is 3.89. The molecular formula is C15H13BrClNO3. The lowest BCUT2D eigenvalue weighted by atomic mass is 10.2. The van der Waals surface area contributed by atoms with E-state index in [1.165, 1.54) is 0 Å². The number of methoxy groups -OCH3 is 2. The number of rotatable bonds is 4. The molecule has 0 aliphatic rings. The average Bonchev–Trinajstić information content (AvgIpc) is 2.49. The van der Waals surface area contributed by atoms with Gasteiger partial charge in [-0.2, -0.15) is 0 Å². The number of benzene rings is 2. The second-order valence-electron chi connectivity index (χ2n) is 4.18. The Hall–Kier alpha value is -1.72. The molecule has 0 saturated carbocycles. The number of halogens is 2. The Labute approximate surface area is 136 Å². The van der Waals surface area contributed by atoms with Gasteiger partial charge in [0.05, 0.1) is 24.8 Å². The van der Waals surface area contributed by atoms with Crippen LogP contribution in [0.2, 0.25) is 5.02 Å². The highest BCUT2D eigenvalue weighted by atomic mass is 79.9. The lowest BCUT2D eigenvalue weighted by Crippen LogP contribution is -2.12. The van der Waals surface area contributed by atoms with E-state index < -0.39 is 0 Å². The first-order valence-corrected chi connectivity index (χ1v) is 7.20. The van der Waals surface area contributed by atoms with Crippen LogP contribution >= 0.6 is 27.5 Å². The molecule has 0 heterocycles. The van der Waals surface area contributed by atoms with Crippen molar-refractivity contribution < 1.29 is 14.3 Å². The van der Waals surface area contributed by atoms with E-state index in [-0.39, 0.29) is 5.91 Å². The maximum absolute atomic E-state index is 12.3. The summed E-state index contributed by atoms with van der Waals surface area (Å²) in [7, 11) is 3.09. The molecule has 0 spiro atoms. The Morgan fingerprint density at radius 1 is 1.10 bits per heavy atom. The zero-order valence-corrected chi connectivity index (χ0v) is 13.8. The Balaban J connectivity index is 2.28.